The van der Waals surface area contributed by atoms with E-state index < -0.39 is 0 Å². The number of hydrogen-bond donors (Lipinski definition) is 0. The minimum atomic E-state index is 0.752. The Bertz CT molecular complexity index is 458. The van der Waals surface area contributed by atoms with Crippen molar-refractivity contribution in [3.05, 3.63) is 71.8 Å². The molecule has 2 aromatic carbocycles. The summed E-state index contributed by atoms with van der Waals surface area (Å²) >= 11 is 0. The van der Waals surface area contributed by atoms with Crippen LogP contribution in [-0.4, -0.2) is 5.71 Å². The summed E-state index contributed by atoms with van der Waals surface area (Å²) in [6.07, 6.45) is 0. The van der Waals surface area contributed by atoms with Crippen molar-refractivity contribution in [2.75, 3.05) is 0 Å². The molecule has 0 radical (unpaired) electrons. The van der Waals surface area contributed by atoms with E-state index in [9.17, 15) is 0 Å². The Balaban J connectivity index is 0.000000829. The summed E-state index contributed by atoms with van der Waals surface area (Å²) in [5, 5.41) is 0. The lowest BCUT2D eigenvalue weighted by Crippen LogP contribution is -1.95. The van der Waals surface area contributed by atoms with E-state index in [0.717, 1.165) is 12.3 Å². The van der Waals surface area contributed by atoms with Gasteiger partial charge in [-0.2, -0.15) is 0 Å². The summed E-state index contributed by atoms with van der Waals surface area (Å²) in [7, 11) is 0. The van der Waals surface area contributed by atoms with E-state index in [1.165, 1.54) is 11.1 Å². The molecule has 108 valence electrons. The van der Waals surface area contributed by atoms with Crippen LogP contribution in [0.15, 0.2) is 65.7 Å². The Hall–Kier alpha value is -1.89. The molecule has 1 heteroatoms. The molecule has 0 saturated carbocycles. The van der Waals surface area contributed by atoms with Gasteiger partial charge in [0.2, 0.25) is 0 Å². The van der Waals surface area contributed by atoms with Crippen LogP contribution in [0.5, 0.6) is 0 Å². The number of rotatable bonds is 3. The molecule has 0 aliphatic heterocycles. The maximum absolute atomic E-state index is 4.58. The Morgan fingerprint density at radius 3 is 1.70 bits per heavy atom. The standard InChI is InChI=1S/C15H15N.2C2H6/c1-13(15-10-6-3-7-11-15)16-12-14-8-4-2-5-9-14;2*1-2/h2-11H,12H2,1H3;2*1-2H3. The van der Waals surface area contributed by atoms with Gasteiger partial charge in [0.15, 0.2) is 0 Å². The van der Waals surface area contributed by atoms with Gasteiger partial charge in [0, 0.05) is 5.71 Å². The Kier molecular flexibility index (Phi) is 11.0. The lowest BCUT2D eigenvalue weighted by Gasteiger charge is -2.01. The quantitative estimate of drug-likeness (QED) is 0.629. The SMILES string of the molecule is CC.CC.CC(=NCc1ccccc1)c1ccccc1. The monoisotopic (exact) mass is 269 g/mol. The fourth-order valence-electron chi connectivity index (χ4n) is 1.56. The van der Waals surface area contributed by atoms with Gasteiger partial charge in [-0.05, 0) is 18.1 Å². The van der Waals surface area contributed by atoms with Crippen LogP contribution in [0.25, 0.3) is 0 Å². The third kappa shape index (κ3) is 6.89. The van der Waals surface area contributed by atoms with Crippen molar-refractivity contribution in [1.29, 1.82) is 0 Å². The van der Waals surface area contributed by atoms with Gasteiger partial charge in [-0.25, -0.2) is 0 Å². The van der Waals surface area contributed by atoms with Gasteiger partial charge in [-0.15, -0.1) is 0 Å². The second kappa shape index (κ2) is 12.2. The highest BCUT2D eigenvalue weighted by molar-refractivity contribution is 5.98. The summed E-state index contributed by atoms with van der Waals surface area (Å²) in [5.41, 5.74) is 3.53. The van der Waals surface area contributed by atoms with E-state index in [-0.39, 0.29) is 0 Å². The lowest BCUT2D eigenvalue weighted by molar-refractivity contribution is 1.06. The largest absolute Gasteiger partial charge is 0.285 e. The van der Waals surface area contributed by atoms with E-state index in [4.69, 9.17) is 0 Å². The van der Waals surface area contributed by atoms with Crippen LogP contribution in [0.2, 0.25) is 0 Å². The predicted molar refractivity (Wildman–Crippen MR) is 91.5 cm³/mol. The Morgan fingerprint density at radius 2 is 1.20 bits per heavy atom. The molecular formula is C19H27N. The number of hydrogen-bond acceptors (Lipinski definition) is 1. The fourth-order valence-corrected chi connectivity index (χ4v) is 1.56. The topological polar surface area (TPSA) is 12.4 Å². The Morgan fingerprint density at radius 1 is 0.750 bits per heavy atom. The maximum atomic E-state index is 4.58. The molecule has 0 N–H and O–H groups in total. The van der Waals surface area contributed by atoms with Crippen molar-refractivity contribution in [2.24, 2.45) is 4.99 Å². The molecule has 0 aromatic heterocycles. The molecule has 2 rings (SSSR count). The Labute approximate surface area is 124 Å². The van der Waals surface area contributed by atoms with Crippen molar-refractivity contribution in [3.8, 4) is 0 Å². The highest BCUT2D eigenvalue weighted by atomic mass is 14.7. The van der Waals surface area contributed by atoms with Crippen LogP contribution < -0.4 is 0 Å². The summed E-state index contributed by atoms with van der Waals surface area (Å²) in [6.45, 7) is 10.8. The number of benzene rings is 2. The van der Waals surface area contributed by atoms with E-state index in [0.29, 0.717) is 0 Å². The molecule has 0 amide bonds. The molecule has 0 heterocycles. The first-order chi connectivity index (χ1) is 9.86. The molecule has 2 aromatic rings. The van der Waals surface area contributed by atoms with Gasteiger partial charge in [-0.3, -0.25) is 4.99 Å². The molecule has 0 fully saturated rings. The minimum Gasteiger partial charge on any atom is -0.285 e. The summed E-state index contributed by atoms with van der Waals surface area (Å²) in [6, 6.07) is 20.6. The molecule has 20 heavy (non-hydrogen) atoms. The fraction of sp³-hybridized carbons (Fsp3) is 0.316. The first-order valence-corrected chi connectivity index (χ1v) is 7.46. The van der Waals surface area contributed by atoms with Crippen molar-refractivity contribution in [3.63, 3.8) is 0 Å². The summed E-state index contributed by atoms with van der Waals surface area (Å²) in [4.78, 5) is 4.58. The average molecular weight is 269 g/mol. The van der Waals surface area contributed by atoms with E-state index >= 15 is 0 Å². The second-order valence-electron chi connectivity index (χ2n) is 3.75. The first kappa shape index (κ1) is 18.1. The van der Waals surface area contributed by atoms with Crippen molar-refractivity contribution in [1.82, 2.24) is 0 Å². The molecule has 0 saturated heterocycles. The lowest BCUT2D eigenvalue weighted by atomic mass is 10.1. The molecule has 1 nitrogen and oxygen atoms in total. The average Bonchev–Trinajstić information content (AvgIpc) is 2.58. The second-order valence-corrected chi connectivity index (χ2v) is 3.75. The van der Waals surface area contributed by atoms with Crippen LogP contribution in [0, 0.1) is 0 Å². The van der Waals surface area contributed by atoms with Gasteiger partial charge in [0.05, 0.1) is 6.54 Å². The first-order valence-electron chi connectivity index (χ1n) is 7.46. The molecule has 0 atom stereocenters. The van der Waals surface area contributed by atoms with E-state index in [1.54, 1.807) is 0 Å². The molecule has 0 bridgehead atoms. The van der Waals surface area contributed by atoms with Crippen molar-refractivity contribution in [2.45, 2.75) is 41.2 Å². The highest BCUT2D eigenvalue weighted by Crippen LogP contribution is 2.04. The minimum absolute atomic E-state index is 0.752. The van der Waals surface area contributed by atoms with E-state index in [1.807, 2.05) is 64.1 Å². The van der Waals surface area contributed by atoms with Crippen LogP contribution in [-0.2, 0) is 6.54 Å². The van der Waals surface area contributed by atoms with Gasteiger partial charge >= 0.3 is 0 Å². The van der Waals surface area contributed by atoms with Gasteiger partial charge in [-0.1, -0.05) is 88.4 Å². The van der Waals surface area contributed by atoms with Gasteiger partial charge in [0.25, 0.3) is 0 Å². The number of nitrogens with zero attached hydrogens (tertiary/aromatic N) is 1. The highest BCUT2D eigenvalue weighted by Gasteiger charge is 1.95. The maximum Gasteiger partial charge on any atom is 0.0643 e. The molecular weight excluding hydrogens is 242 g/mol. The zero-order chi connectivity index (χ0) is 15.2. The summed E-state index contributed by atoms with van der Waals surface area (Å²) < 4.78 is 0. The van der Waals surface area contributed by atoms with Crippen molar-refractivity contribution >= 4 is 5.71 Å². The van der Waals surface area contributed by atoms with Crippen LogP contribution >= 0.6 is 0 Å². The van der Waals surface area contributed by atoms with Crippen molar-refractivity contribution < 1.29 is 0 Å². The predicted octanol–water partition coefficient (Wildman–Crippen LogP) is 5.75. The van der Waals surface area contributed by atoms with E-state index in [2.05, 4.69) is 36.2 Å². The molecule has 0 aliphatic carbocycles. The molecule has 0 unspecified atom stereocenters. The zero-order valence-corrected chi connectivity index (χ0v) is 13.4. The smallest absolute Gasteiger partial charge is 0.0643 e. The summed E-state index contributed by atoms with van der Waals surface area (Å²) in [5.74, 6) is 0. The third-order valence-electron chi connectivity index (χ3n) is 2.53. The zero-order valence-electron chi connectivity index (χ0n) is 13.4. The van der Waals surface area contributed by atoms with Crippen LogP contribution in [0.3, 0.4) is 0 Å². The molecule has 0 aliphatic rings. The number of aliphatic imine (C=N–C) groups is 1. The molecule has 0 spiro atoms. The van der Waals surface area contributed by atoms with Crippen LogP contribution in [0.4, 0.5) is 0 Å². The third-order valence-corrected chi connectivity index (χ3v) is 2.53. The van der Waals surface area contributed by atoms with Gasteiger partial charge < -0.3 is 0 Å². The van der Waals surface area contributed by atoms with Crippen LogP contribution in [0.1, 0.15) is 45.7 Å². The normalized spacial score (nSPS) is 9.75. The van der Waals surface area contributed by atoms with Gasteiger partial charge in [0.1, 0.15) is 0 Å².